The summed E-state index contributed by atoms with van der Waals surface area (Å²) in [5.41, 5.74) is 2.26. The molecule has 29 heavy (non-hydrogen) atoms. The predicted octanol–water partition coefficient (Wildman–Crippen LogP) is 3.95. The second kappa shape index (κ2) is 8.99. The number of likely N-dealkylation sites (tertiary alicyclic amines) is 1. The molecule has 0 aromatic heterocycles. The molecule has 1 aliphatic rings. The van der Waals surface area contributed by atoms with E-state index in [-0.39, 0.29) is 11.9 Å². The Balaban J connectivity index is 1.63. The molecule has 6 heteroatoms. The molecule has 1 aliphatic heterocycles. The maximum absolute atomic E-state index is 12.9. The van der Waals surface area contributed by atoms with Crippen LogP contribution in [0, 0.1) is 12.3 Å². The molecule has 1 unspecified atom stereocenters. The summed E-state index contributed by atoms with van der Waals surface area (Å²) in [7, 11) is 1.57. The highest BCUT2D eigenvalue weighted by Crippen LogP contribution is 2.31. The van der Waals surface area contributed by atoms with E-state index >= 15 is 0 Å². The third-order valence-electron chi connectivity index (χ3n) is 5.58. The SMILES string of the molecule is COc1ccccc1NC(=O)N1CCCC(C)(C(=O)NCc2ccccc2C)C1. The van der Waals surface area contributed by atoms with E-state index in [2.05, 4.69) is 10.6 Å². The summed E-state index contributed by atoms with van der Waals surface area (Å²) in [6.07, 6.45) is 1.54. The lowest BCUT2D eigenvalue weighted by atomic mass is 9.81. The highest BCUT2D eigenvalue weighted by atomic mass is 16.5. The number of para-hydroxylation sites is 2. The number of amides is 3. The zero-order valence-electron chi connectivity index (χ0n) is 17.3. The number of piperidine rings is 1. The van der Waals surface area contributed by atoms with Crippen molar-refractivity contribution in [1.82, 2.24) is 10.2 Å². The van der Waals surface area contributed by atoms with Gasteiger partial charge in [0.25, 0.3) is 0 Å². The fourth-order valence-corrected chi connectivity index (χ4v) is 3.74. The minimum atomic E-state index is -0.612. The van der Waals surface area contributed by atoms with Crippen molar-refractivity contribution in [2.75, 3.05) is 25.5 Å². The minimum Gasteiger partial charge on any atom is -0.495 e. The van der Waals surface area contributed by atoms with Crippen LogP contribution in [0.15, 0.2) is 48.5 Å². The summed E-state index contributed by atoms with van der Waals surface area (Å²) in [4.78, 5) is 27.5. The van der Waals surface area contributed by atoms with Crippen LogP contribution in [0.25, 0.3) is 0 Å². The Hall–Kier alpha value is -3.02. The molecule has 0 saturated carbocycles. The minimum absolute atomic E-state index is 0.0180. The molecule has 1 saturated heterocycles. The number of aryl methyl sites for hydroxylation is 1. The second-order valence-corrected chi connectivity index (χ2v) is 7.83. The first kappa shape index (κ1) is 20.7. The van der Waals surface area contributed by atoms with E-state index in [1.54, 1.807) is 24.1 Å². The highest BCUT2D eigenvalue weighted by Gasteiger charge is 2.39. The Morgan fingerprint density at radius 2 is 1.86 bits per heavy atom. The van der Waals surface area contributed by atoms with Gasteiger partial charge in [-0.1, -0.05) is 36.4 Å². The van der Waals surface area contributed by atoms with Crippen molar-refractivity contribution in [2.24, 2.45) is 5.41 Å². The summed E-state index contributed by atoms with van der Waals surface area (Å²) < 4.78 is 5.30. The number of nitrogens with one attached hydrogen (secondary N) is 2. The molecule has 3 amide bonds. The summed E-state index contributed by atoms with van der Waals surface area (Å²) in [6, 6.07) is 15.1. The molecule has 0 aliphatic carbocycles. The summed E-state index contributed by atoms with van der Waals surface area (Å²) in [5.74, 6) is 0.590. The Morgan fingerprint density at radius 3 is 2.62 bits per heavy atom. The van der Waals surface area contributed by atoms with E-state index < -0.39 is 5.41 Å². The number of hydrogen-bond acceptors (Lipinski definition) is 3. The topological polar surface area (TPSA) is 70.7 Å². The van der Waals surface area contributed by atoms with Crippen LogP contribution in [0.1, 0.15) is 30.9 Å². The van der Waals surface area contributed by atoms with E-state index in [9.17, 15) is 9.59 Å². The molecular formula is C23H29N3O3. The average molecular weight is 396 g/mol. The molecule has 0 spiro atoms. The van der Waals surface area contributed by atoms with Crippen LogP contribution >= 0.6 is 0 Å². The molecule has 3 rings (SSSR count). The van der Waals surface area contributed by atoms with Gasteiger partial charge in [-0.3, -0.25) is 4.79 Å². The van der Waals surface area contributed by atoms with Gasteiger partial charge in [0.05, 0.1) is 18.2 Å². The van der Waals surface area contributed by atoms with E-state index in [0.29, 0.717) is 31.1 Å². The van der Waals surface area contributed by atoms with Crippen LogP contribution in [0.2, 0.25) is 0 Å². The highest BCUT2D eigenvalue weighted by molar-refractivity contribution is 5.92. The lowest BCUT2D eigenvalue weighted by Crippen LogP contribution is -2.52. The summed E-state index contributed by atoms with van der Waals surface area (Å²) in [5, 5.41) is 5.96. The molecule has 2 aromatic carbocycles. The predicted molar refractivity (Wildman–Crippen MR) is 114 cm³/mol. The van der Waals surface area contributed by atoms with Gasteiger partial charge in [0.1, 0.15) is 5.75 Å². The van der Waals surface area contributed by atoms with Gasteiger partial charge in [0.15, 0.2) is 0 Å². The summed E-state index contributed by atoms with van der Waals surface area (Å²) in [6.45, 7) is 5.47. The molecule has 2 aromatic rings. The van der Waals surface area contributed by atoms with Crippen LogP contribution in [-0.4, -0.2) is 37.0 Å². The second-order valence-electron chi connectivity index (χ2n) is 7.83. The summed E-state index contributed by atoms with van der Waals surface area (Å²) >= 11 is 0. The van der Waals surface area contributed by atoms with Crippen molar-refractivity contribution >= 4 is 17.6 Å². The molecule has 6 nitrogen and oxygen atoms in total. The fraction of sp³-hybridized carbons (Fsp3) is 0.391. The fourth-order valence-electron chi connectivity index (χ4n) is 3.74. The first-order valence-corrected chi connectivity index (χ1v) is 9.95. The molecule has 1 heterocycles. The Bertz CT molecular complexity index is 883. The maximum Gasteiger partial charge on any atom is 0.321 e. The van der Waals surface area contributed by atoms with Gasteiger partial charge in [-0.2, -0.15) is 0 Å². The van der Waals surface area contributed by atoms with Crippen molar-refractivity contribution in [1.29, 1.82) is 0 Å². The van der Waals surface area contributed by atoms with Crippen LogP contribution in [0.4, 0.5) is 10.5 Å². The number of carbonyl (C=O) groups is 2. The van der Waals surface area contributed by atoms with E-state index in [1.165, 1.54) is 0 Å². The van der Waals surface area contributed by atoms with Crippen molar-refractivity contribution < 1.29 is 14.3 Å². The van der Waals surface area contributed by atoms with Crippen LogP contribution in [0.3, 0.4) is 0 Å². The number of anilines is 1. The van der Waals surface area contributed by atoms with Gasteiger partial charge in [0.2, 0.25) is 5.91 Å². The normalized spacial score (nSPS) is 18.8. The molecule has 1 fully saturated rings. The largest absolute Gasteiger partial charge is 0.495 e. The molecular weight excluding hydrogens is 366 g/mol. The standard InChI is InChI=1S/C23H29N3O3/c1-17-9-4-5-10-18(17)15-24-21(27)23(2)13-8-14-26(16-23)22(28)25-19-11-6-7-12-20(19)29-3/h4-7,9-12H,8,13-16H2,1-3H3,(H,24,27)(H,25,28). The molecule has 154 valence electrons. The van der Waals surface area contributed by atoms with Gasteiger partial charge in [-0.25, -0.2) is 4.79 Å². The van der Waals surface area contributed by atoms with Crippen molar-refractivity contribution in [2.45, 2.75) is 33.2 Å². The molecule has 2 N–H and O–H groups in total. The molecule has 1 atom stereocenters. The van der Waals surface area contributed by atoms with Crippen LogP contribution in [0.5, 0.6) is 5.75 Å². The number of hydrogen-bond donors (Lipinski definition) is 2. The van der Waals surface area contributed by atoms with E-state index in [0.717, 1.165) is 24.0 Å². The quantitative estimate of drug-likeness (QED) is 0.805. The zero-order valence-corrected chi connectivity index (χ0v) is 17.3. The number of urea groups is 1. The van der Waals surface area contributed by atoms with Crippen LogP contribution in [-0.2, 0) is 11.3 Å². The van der Waals surface area contributed by atoms with Crippen molar-refractivity contribution in [3.8, 4) is 5.75 Å². The Morgan fingerprint density at radius 1 is 1.14 bits per heavy atom. The smallest absolute Gasteiger partial charge is 0.321 e. The number of benzene rings is 2. The Kier molecular flexibility index (Phi) is 6.42. The van der Waals surface area contributed by atoms with Gasteiger partial charge in [-0.15, -0.1) is 0 Å². The van der Waals surface area contributed by atoms with Crippen LogP contribution < -0.4 is 15.4 Å². The Labute approximate surface area is 172 Å². The monoisotopic (exact) mass is 395 g/mol. The van der Waals surface area contributed by atoms with Crippen molar-refractivity contribution in [3.63, 3.8) is 0 Å². The third kappa shape index (κ3) is 4.88. The van der Waals surface area contributed by atoms with Gasteiger partial charge in [0, 0.05) is 19.6 Å². The average Bonchev–Trinajstić information content (AvgIpc) is 2.73. The number of carbonyl (C=O) groups excluding carboxylic acids is 2. The first-order valence-electron chi connectivity index (χ1n) is 9.95. The molecule has 0 radical (unpaired) electrons. The zero-order chi connectivity index (χ0) is 20.9. The lowest BCUT2D eigenvalue weighted by Gasteiger charge is -2.39. The van der Waals surface area contributed by atoms with E-state index in [4.69, 9.17) is 4.74 Å². The third-order valence-corrected chi connectivity index (χ3v) is 5.58. The first-order chi connectivity index (χ1) is 13.9. The lowest BCUT2D eigenvalue weighted by molar-refractivity contribution is -0.132. The van der Waals surface area contributed by atoms with E-state index in [1.807, 2.05) is 50.2 Å². The number of rotatable bonds is 5. The van der Waals surface area contributed by atoms with Crippen molar-refractivity contribution in [3.05, 3.63) is 59.7 Å². The number of nitrogens with zero attached hydrogens (tertiary/aromatic N) is 1. The number of methoxy groups -OCH3 is 1. The number of ether oxygens (including phenoxy) is 1. The van der Waals surface area contributed by atoms with Gasteiger partial charge < -0.3 is 20.3 Å². The van der Waals surface area contributed by atoms with Gasteiger partial charge in [-0.05, 0) is 49.9 Å². The molecule has 0 bridgehead atoms. The van der Waals surface area contributed by atoms with Gasteiger partial charge >= 0.3 is 6.03 Å². The maximum atomic E-state index is 12.9.